The molecule has 0 aliphatic carbocycles. The van der Waals surface area contributed by atoms with Crippen molar-refractivity contribution in [2.45, 2.75) is 32.6 Å². The molecule has 110 valence electrons. The summed E-state index contributed by atoms with van der Waals surface area (Å²) in [5.74, 6) is 1.05. The highest BCUT2D eigenvalue weighted by atomic mass is 16.2. The van der Waals surface area contributed by atoms with Crippen LogP contribution in [0.1, 0.15) is 30.4 Å². The van der Waals surface area contributed by atoms with Crippen LogP contribution in [0.3, 0.4) is 0 Å². The van der Waals surface area contributed by atoms with Crippen LogP contribution >= 0.6 is 0 Å². The van der Waals surface area contributed by atoms with Gasteiger partial charge in [0.2, 0.25) is 5.91 Å². The molecule has 1 amide bonds. The summed E-state index contributed by atoms with van der Waals surface area (Å²) in [6.07, 6.45) is 3.77. The molecule has 1 aromatic carbocycles. The summed E-state index contributed by atoms with van der Waals surface area (Å²) in [6.45, 7) is 5.03. The van der Waals surface area contributed by atoms with E-state index in [4.69, 9.17) is 0 Å². The van der Waals surface area contributed by atoms with E-state index in [0.717, 1.165) is 44.8 Å². The standard InChI is InChI=1S/C17H26N2O/c1-14-4-3-5-15(12-14)6-7-17(20)19-10-8-16(9-11-19)13-18-2/h3-5,12,16,18H,6-11,13H2,1-2H3. The van der Waals surface area contributed by atoms with Gasteiger partial charge in [-0.1, -0.05) is 29.8 Å². The number of benzene rings is 1. The number of hydrogen-bond donors (Lipinski definition) is 1. The fourth-order valence-electron chi connectivity index (χ4n) is 2.95. The Morgan fingerprint density at radius 1 is 1.35 bits per heavy atom. The van der Waals surface area contributed by atoms with Gasteiger partial charge in [-0.2, -0.15) is 0 Å². The Balaban J connectivity index is 1.76. The number of nitrogens with one attached hydrogen (secondary N) is 1. The second kappa shape index (κ2) is 7.44. The van der Waals surface area contributed by atoms with Crippen LogP contribution in [0.5, 0.6) is 0 Å². The third kappa shape index (κ3) is 4.34. The second-order valence-corrected chi connectivity index (χ2v) is 5.87. The molecule has 0 spiro atoms. The molecule has 1 saturated heterocycles. The van der Waals surface area contributed by atoms with Gasteiger partial charge in [-0.05, 0) is 51.3 Å². The van der Waals surface area contributed by atoms with E-state index >= 15 is 0 Å². The molecule has 20 heavy (non-hydrogen) atoms. The lowest BCUT2D eigenvalue weighted by Gasteiger charge is -2.32. The summed E-state index contributed by atoms with van der Waals surface area (Å²) in [4.78, 5) is 14.3. The highest BCUT2D eigenvalue weighted by molar-refractivity contribution is 5.76. The Morgan fingerprint density at radius 3 is 2.75 bits per heavy atom. The van der Waals surface area contributed by atoms with Gasteiger partial charge in [0.15, 0.2) is 0 Å². The number of hydrogen-bond acceptors (Lipinski definition) is 2. The lowest BCUT2D eigenvalue weighted by molar-refractivity contribution is -0.132. The average Bonchev–Trinajstić information content (AvgIpc) is 2.46. The van der Waals surface area contributed by atoms with Gasteiger partial charge < -0.3 is 10.2 Å². The van der Waals surface area contributed by atoms with Crippen molar-refractivity contribution in [1.29, 1.82) is 0 Å². The molecule has 0 aromatic heterocycles. The molecule has 1 fully saturated rings. The number of piperidine rings is 1. The largest absolute Gasteiger partial charge is 0.343 e. The fourth-order valence-corrected chi connectivity index (χ4v) is 2.95. The zero-order valence-corrected chi connectivity index (χ0v) is 12.7. The third-order valence-corrected chi connectivity index (χ3v) is 4.17. The first kappa shape index (κ1) is 15.0. The highest BCUT2D eigenvalue weighted by Gasteiger charge is 2.21. The van der Waals surface area contributed by atoms with Crippen LogP contribution in [0.2, 0.25) is 0 Å². The molecule has 0 unspecified atom stereocenters. The first-order valence-corrected chi connectivity index (χ1v) is 7.67. The molecular weight excluding hydrogens is 248 g/mol. The quantitative estimate of drug-likeness (QED) is 0.894. The van der Waals surface area contributed by atoms with Crippen LogP contribution in [0.4, 0.5) is 0 Å². The molecule has 0 saturated carbocycles. The van der Waals surface area contributed by atoms with E-state index < -0.39 is 0 Å². The first-order valence-electron chi connectivity index (χ1n) is 7.67. The van der Waals surface area contributed by atoms with Gasteiger partial charge in [-0.25, -0.2) is 0 Å². The van der Waals surface area contributed by atoms with Gasteiger partial charge in [0.25, 0.3) is 0 Å². The molecule has 1 aromatic rings. The van der Waals surface area contributed by atoms with Crippen molar-refractivity contribution in [3.63, 3.8) is 0 Å². The molecule has 0 bridgehead atoms. The van der Waals surface area contributed by atoms with E-state index in [1.165, 1.54) is 11.1 Å². The summed E-state index contributed by atoms with van der Waals surface area (Å²) in [5.41, 5.74) is 2.53. The summed E-state index contributed by atoms with van der Waals surface area (Å²) >= 11 is 0. The minimum atomic E-state index is 0.314. The molecule has 1 aliphatic heterocycles. The monoisotopic (exact) mass is 274 g/mol. The number of rotatable bonds is 5. The normalized spacial score (nSPS) is 16.4. The van der Waals surface area contributed by atoms with E-state index in [2.05, 4.69) is 36.5 Å². The molecular formula is C17H26N2O. The van der Waals surface area contributed by atoms with E-state index in [9.17, 15) is 4.79 Å². The predicted octanol–water partition coefficient (Wildman–Crippen LogP) is 2.39. The van der Waals surface area contributed by atoms with Crippen molar-refractivity contribution >= 4 is 5.91 Å². The lowest BCUT2D eigenvalue weighted by atomic mass is 9.96. The Labute approximate surface area is 122 Å². The molecule has 3 heteroatoms. The van der Waals surface area contributed by atoms with E-state index in [-0.39, 0.29) is 0 Å². The Morgan fingerprint density at radius 2 is 2.10 bits per heavy atom. The van der Waals surface area contributed by atoms with Gasteiger partial charge in [0.1, 0.15) is 0 Å². The summed E-state index contributed by atoms with van der Waals surface area (Å²) in [6, 6.07) is 8.45. The van der Waals surface area contributed by atoms with Crippen LogP contribution in [-0.4, -0.2) is 37.5 Å². The number of amides is 1. The van der Waals surface area contributed by atoms with Crippen LogP contribution < -0.4 is 5.32 Å². The third-order valence-electron chi connectivity index (χ3n) is 4.17. The SMILES string of the molecule is CNCC1CCN(C(=O)CCc2cccc(C)c2)CC1. The minimum Gasteiger partial charge on any atom is -0.343 e. The Hall–Kier alpha value is -1.35. The maximum Gasteiger partial charge on any atom is 0.222 e. The number of likely N-dealkylation sites (tertiary alicyclic amines) is 1. The van der Waals surface area contributed by atoms with Crippen molar-refractivity contribution in [1.82, 2.24) is 10.2 Å². The van der Waals surface area contributed by atoms with Crippen LogP contribution in [0.25, 0.3) is 0 Å². The smallest absolute Gasteiger partial charge is 0.222 e. The zero-order chi connectivity index (χ0) is 14.4. The highest BCUT2D eigenvalue weighted by Crippen LogP contribution is 2.17. The van der Waals surface area contributed by atoms with Crippen LogP contribution in [0.15, 0.2) is 24.3 Å². The van der Waals surface area contributed by atoms with Gasteiger partial charge in [-0.3, -0.25) is 4.79 Å². The molecule has 1 N–H and O–H groups in total. The number of carbonyl (C=O) groups is 1. The summed E-state index contributed by atoms with van der Waals surface area (Å²) in [5, 5.41) is 3.23. The maximum atomic E-state index is 12.2. The summed E-state index contributed by atoms with van der Waals surface area (Å²) in [7, 11) is 2.00. The van der Waals surface area contributed by atoms with E-state index in [1.54, 1.807) is 0 Å². The zero-order valence-electron chi connectivity index (χ0n) is 12.7. The molecule has 0 atom stereocenters. The first-order chi connectivity index (χ1) is 9.69. The number of aryl methyl sites for hydroxylation is 2. The molecule has 1 heterocycles. The number of carbonyl (C=O) groups excluding carboxylic acids is 1. The average molecular weight is 274 g/mol. The fraction of sp³-hybridized carbons (Fsp3) is 0.588. The van der Waals surface area contributed by atoms with Crippen LogP contribution in [-0.2, 0) is 11.2 Å². The Kier molecular flexibility index (Phi) is 5.60. The van der Waals surface area contributed by atoms with Gasteiger partial charge in [0, 0.05) is 19.5 Å². The summed E-state index contributed by atoms with van der Waals surface area (Å²) < 4.78 is 0. The molecule has 3 nitrogen and oxygen atoms in total. The maximum absolute atomic E-state index is 12.2. The molecule has 1 aliphatic rings. The van der Waals surface area contributed by atoms with Crippen molar-refractivity contribution in [2.24, 2.45) is 5.92 Å². The van der Waals surface area contributed by atoms with Gasteiger partial charge >= 0.3 is 0 Å². The Bertz CT molecular complexity index is 436. The van der Waals surface area contributed by atoms with E-state index in [1.807, 2.05) is 11.9 Å². The topological polar surface area (TPSA) is 32.3 Å². The van der Waals surface area contributed by atoms with Gasteiger partial charge in [-0.15, -0.1) is 0 Å². The van der Waals surface area contributed by atoms with E-state index in [0.29, 0.717) is 12.3 Å². The van der Waals surface area contributed by atoms with Gasteiger partial charge in [0.05, 0.1) is 0 Å². The van der Waals surface area contributed by atoms with Crippen molar-refractivity contribution in [3.8, 4) is 0 Å². The molecule has 0 radical (unpaired) electrons. The lowest BCUT2D eigenvalue weighted by Crippen LogP contribution is -2.40. The second-order valence-electron chi connectivity index (χ2n) is 5.87. The van der Waals surface area contributed by atoms with Crippen molar-refractivity contribution in [3.05, 3.63) is 35.4 Å². The minimum absolute atomic E-state index is 0.314. The number of nitrogens with zero attached hydrogens (tertiary/aromatic N) is 1. The van der Waals surface area contributed by atoms with Crippen molar-refractivity contribution in [2.75, 3.05) is 26.7 Å². The predicted molar refractivity (Wildman–Crippen MR) is 82.7 cm³/mol. The molecule has 2 rings (SSSR count). The van der Waals surface area contributed by atoms with Crippen molar-refractivity contribution < 1.29 is 4.79 Å². The van der Waals surface area contributed by atoms with Crippen LogP contribution in [0, 0.1) is 12.8 Å².